The fraction of sp³-hybridized carbons (Fsp3) is 0.333. The van der Waals surface area contributed by atoms with Crippen LogP contribution < -0.4 is 10.4 Å². The maximum absolute atomic E-state index is 13.1. The van der Waals surface area contributed by atoms with Gasteiger partial charge in [-0.25, -0.2) is 19.2 Å². The summed E-state index contributed by atoms with van der Waals surface area (Å²) in [6, 6.07) is 10.9. The first-order valence-corrected chi connectivity index (χ1v) is 14.6. The Hall–Kier alpha value is -4.72. The Morgan fingerprint density at radius 3 is 1.80 bits per heavy atom. The predicted octanol–water partition coefficient (Wildman–Crippen LogP) is 7.13. The van der Waals surface area contributed by atoms with Gasteiger partial charge in [0.15, 0.2) is 0 Å². The summed E-state index contributed by atoms with van der Waals surface area (Å²) in [5, 5.41) is 0.776. The second-order valence-corrected chi connectivity index (χ2v) is 11.0. The number of ether oxygens (including phenoxy) is 3. The van der Waals surface area contributed by atoms with E-state index in [0.717, 1.165) is 35.8 Å². The van der Waals surface area contributed by atoms with Crippen LogP contribution in [0.25, 0.3) is 22.1 Å². The first kappa shape index (κ1) is 33.8. The number of carbonyl (C=O) groups is 3. The highest BCUT2D eigenvalue weighted by Crippen LogP contribution is 2.29. The molecule has 0 aliphatic rings. The summed E-state index contributed by atoms with van der Waals surface area (Å²) in [7, 11) is 0. The standard InChI is InChI=1S/C36H40O8/c1-22(2)33(37)41-16-10-8-12-26-19-29-20-30(28-14-15-31(25(7)18-28)43-35(39)24(5)6)36(40)44-32(29)21-27(26)13-9-11-17-42-34(38)23(3)4/h14-15,18-21H,1,3,5,8-13,16-17H2,2,4,6-7H3. The molecule has 0 fully saturated rings. The number of fused-ring (bicyclic) bond motifs is 1. The number of unbranched alkanes of at least 4 members (excludes halogenated alkanes) is 2. The molecule has 0 saturated carbocycles. The molecule has 0 amide bonds. The monoisotopic (exact) mass is 600 g/mol. The van der Waals surface area contributed by atoms with Gasteiger partial charge >= 0.3 is 23.5 Å². The van der Waals surface area contributed by atoms with Crippen molar-refractivity contribution in [2.24, 2.45) is 0 Å². The highest BCUT2D eigenvalue weighted by atomic mass is 16.5. The van der Waals surface area contributed by atoms with Crippen molar-refractivity contribution in [3.05, 3.63) is 100.0 Å². The zero-order valence-corrected chi connectivity index (χ0v) is 26.0. The van der Waals surface area contributed by atoms with E-state index in [9.17, 15) is 19.2 Å². The van der Waals surface area contributed by atoms with E-state index in [1.165, 1.54) is 0 Å². The molecule has 2 aromatic carbocycles. The third kappa shape index (κ3) is 9.39. The quantitative estimate of drug-likeness (QED) is 0.0596. The summed E-state index contributed by atoms with van der Waals surface area (Å²) in [5.74, 6) is -0.930. The van der Waals surface area contributed by atoms with Crippen molar-refractivity contribution in [3.8, 4) is 16.9 Å². The Balaban J connectivity index is 1.85. The zero-order valence-electron chi connectivity index (χ0n) is 26.0. The smallest absolute Gasteiger partial charge is 0.344 e. The molecule has 3 aromatic rings. The molecule has 8 heteroatoms. The Bertz CT molecular complexity index is 1660. The predicted molar refractivity (Wildman–Crippen MR) is 171 cm³/mol. The fourth-order valence-electron chi connectivity index (χ4n) is 4.45. The van der Waals surface area contributed by atoms with Gasteiger partial charge in [-0.1, -0.05) is 25.8 Å². The molecule has 8 nitrogen and oxygen atoms in total. The van der Waals surface area contributed by atoms with E-state index in [2.05, 4.69) is 19.7 Å². The summed E-state index contributed by atoms with van der Waals surface area (Å²) >= 11 is 0. The summed E-state index contributed by atoms with van der Waals surface area (Å²) < 4.78 is 21.6. The Labute approximate surface area is 258 Å². The second-order valence-electron chi connectivity index (χ2n) is 11.0. The average Bonchev–Trinajstić information content (AvgIpc) is 2.97. The molecule has 0 aliphatic heterocycles. The molecule has 0 atom stereocenters. The molecular weight excluding hydrogens is 560 g/mol. The van der Waals surface area contributed by atoms with E-state index in [1.807, 2.05) is 18.2 Å². The highest BCUT2D eigenvalue weighted by molar-refractivity contribution is 5.89. The lowest BCUT2D eigenvalue weighted by atomic mass is 9.95. The molecule has 0 saturated heterocycles. The summed E-state index contributed by atoms with van der Waals surface area (Å²) in [6.45, 7) is 18.0. The number of aryl methyl sites for hydroxylation is 3. The van der Waals surface area contributed by atoms with Gasteiger partial charge in [0.1, 0.15) is 11.3 Å². The third-order valence-corrected chi connectivity index (χ3v) is 6.94. The first-order valence-electron chi connectivity index (χ1n) is 14.6. The molecule has 232 valence electrons. The molecule has 0 spiro atoms. The summed E-state index contributed by atoms with van der Waals surface area (Å²) in [4.78, 5) is 48.4. The topological polar surface area (TPSA) is 109 Å². The fourth-order valence-corrected chi connectivity index (χ4v) is 4.45. The lowest BCUT2D eigenvalue weighted by molar-refractivity contribution is -0.139. The van der Waals surface area contributed by atoms with E-state index in [1.54, 1.807) is 45.9 Å². The van der Waals surface area contributed by atoms with Crippen molar-refractivity contribution in [3.63, 3.8) is 0 Å². The van der Waals surface area contributed by atoms with Crippen LogP contribution in [0.2, 0.25) is 0 Å². The van der Waals surface area contributed by atoms with E-state index in [0.29, 0.717) is 71.6 Å². The van der Waals surface area contributed by atoms with Crippen molar-refractivity contribution in [1.29, 1.82) is 0 Å². The van der Waals surface area contributed by atoms with Gasteiger partial charge in [0.2, 0.25) is 0 Å². The minimum atomic E-state index is -0.517. The highest BCUT2D eigenvalue weighted by Gasteiger charge is 2.15. The van der Waals surface area contributed by atoms with Crippen molar-refractivity contribution in [2.75, 3.05) is 13.2 Å². The van der Waals surface area contributed by atoms with Gasteiger partial charge in [-0.3, -0.25) is 0 Å². The van der Waals surface area contributed by atoms with Gasteiger partial charge in [-0.05, 0) is 119 Å². The lowest BCUT2D eigenvalue weighted by Crippen LogP contribution is -2.09. The Kier molecular flexibility index (Phi) is 12.0. The Morgan fingerprint density at radius 1 is 0.727 bits per heavy atom. The van der Waals surface area contributed by atoms with Gasteiger partial charge in [-0.15, -0.1) is 0 Å². The Morgan fingerprint density at radius 2 is 1.27 bits per heavy atom. The number of esters is 3. The van der Waals surface area contributed by atoms with Crippen LogP contribution in [0.4, 0.5) is 0 Å². The van der Waals surface area contributed by atoms with E-state index in [-0.39, 0.29) is 5.57 Å². The minimum absolute atomic E-state index is 0.290. The molecule has 0 radical (unpaired) electrons. The largest absolute Gasteiger partial charge is 0.462 e. The molecule has 0 N–H and O–H groups in total. The van der Waals surface area contributed by atoms with Crippen molar-refractivity contribution < 1.29 is 33.0 Å². The zero-order chi connectivity index (χ0) is 32.4. The minimum Gasteiger partial charge on any atom is -0.462 e. The van der Waals surface area contributed by atoms with Crippen LogP contribution in [-0.2, 0) is 36.7 Å². The van der Waals surface area contributed by atoms with E-state index >= 15 is 0 Å². The van der Waals surface area contributed by atoms with Gasteiger partial charge in [0.25, 0.3) is 0 Å². The molecule has 1 aromatic heterocycles. The molecule has 0 bridgehead atoms. The van der Waals surface area contributed by atoms with Crippen molar-refractivity contribution in [2.45, 2.75) is 66.2 Å². The maximum Gasteiger partial charge on any atom is 0.344 e. The lowest BCUT2D eigenvalue weighted by Gasteiger charge is -2.13. The molecule has 3 rings (SSSR count). The van der Waals surface area contributed by atoms with Crippen LogP contribution in [0.15, 0.2) is 82.1 Å². The van der Waals surface area contributed by atoms with Crippen LogP contribution in [0.1, 0.15) is 63.1 Å². The van der Waals surface area contributed by atoms with Crippen LogP contribution >= 0.6 is 0 Å². The number of hydrogen-bond acceptors (Lipinski definition) is 8. The number of hydrogen-bond donors (Lipinski definition) is 0. The summed E-state index contributed by atoms with van der Waals surface area (Å²) in [5.41, 5.74) is 4.88. The first-order chi connectivity index (χ1) is 20.9. The SMILES string of the molecule is C=C(C)C(=O)OCCCCc1cc2cc(-c3ccc(OC(=O)C(=C)C)c(C)c3)c(=O)oc2cc1CCCCOC(=O)C(=C)C. The molecule has 0 unspecified atom stereocenters. The van der Waals surface area contributed by atoms with Crippen LogP contribution in [0, 0.1) is 6.92 Å². The number of benzene rings is 2. The molecular formula is C36H40O8. The van der Waals surface area contributed by atoms with Crippen molar-refractivity contribution >= 4 is 28.9 Å². The van der Waals surface area contributed by atoms with Crippen LogP contribution in [0.3, 0.4) is 0 Å². The van der Waals surface area contributed by atoms with Gasteiger partial charge in [0.05, 0.1) is 18.8 Å². The normalized spacial score (nSPS) is 10.7. The van der Waals surface area contributed by atoms with Gasteiger partial charge < -0.3 is 18.6 Å². The third-order valence-electron chi connectivity index (χ3n) is 6.94. The van der Waals surface area contributed by atoms with E-state index < -0.39 is 23.5 Å². The van der Waals surface area contributed by atoms with Crippen LogP contribution in [0.5, 0.6) is 5.75 Å². The van der Waals surface area contributed by atoms with Crippen molar-refractivity contribution in [1.82, 2.24) is 0 Å². The molecule has 0 aliphatic carbocycles. The molecule has 1 heterocycles. The van der Waals surface area contributed by atoms with E-state index in [4.69, 9.17) is 18.6 Å². The maximum atomic E-state index is 13.1. The van der Waals surface area contributed by atoms with Crippen LogP contribution in [-0.4, -0.2) is 31.1 Å². The number of carbonyl (C=O) groups excluding carboxylic acids is 3. The van der Waals surface area contributed by atoms with Gasteiger partial charge in [-0.2, -0.15) is 0 Å². The molecule has 44 heavy (non-hydrogen) atoms. The number of rotatable bonds is 15. The average molecular weight is 601 g/mol. The second kappa shape index (κ2) is 15.7. The van der Waals surface area contributed by atoms with Gasteiger partial charge in [0, 0.05) is 22.1 Å². The summed E-state index contributed by atoms with van der Waals surface area (Å²) in [6.07, 6.45) is 4.34.